The predicted molar refractivity (Wildman–Crippen MR) is 94.8 cm³/mol. The summed E-state index contributed by atoms with van der Waals surface area (Å²) in [7, 11) is 1.84. The van der Waals surface area contributed by atoms with Gasteiger partial charge in [0.25, 0.3) is 0 Å². The molecule has 6 heteroatoms. The molecule has 0 unspecified atom stereocenters. The van der Waals surface area contributed by atoms with Gasteiger partial charge in [-0.15, -0.1) is 0 Å². The lowest BCUT2D eigenvalue weighted by atomic mass is 9.84. The molecular formula is C19H18N4O2. The first-order valence-electron chi connectivity index (χ1n) is 8.12. The first-order chi connectivity index (χ1) is 12.1. The van der Waals surface area contributed by atoms with Crippen molar-refractivity contribution in [2.75, 3.05) is 5.32 Å². The van der Waals surface area contributed by atoms with Crippen LogP contribution in [0.1, 0.15) is 30.6 Å². The largest absolute Gasteiger partial charge is 0.465 e. The van der Waals surface area contributed by atoms with Crippen molar-refractivity contribution in [3.8, 4) is 11.3 Å². The maximum Gasteiger partial charge on any atom is 0.226 e. The normalized spacial score (nSPS) is 17.3. The van der Waals surface area contributed by atoms with E-state index in [4.69, 9.17) is 4.42 Å². The Morgan fingerprint density at radius 1 is 1.40 bits per heavy atom. The van der Waals surface area contributed by atoms with Gasteiger partial charge in [0, 0.05) is 42.9 Å². The minimum Gasteiger partial charge on any atom is -0.465 e. The number of nitrogens with one attached hydrogen (secondary N) is 1. The molecular weight excluding hydrogens is 316 g/mol. The second kappa shape index (κ2) is 6.05. The maximum absolute atomic E-state index is 12.2. The number of furan rings is 1. The highest BCUT2D eigenvalue weighted by Crippen LogP contribution is 2.42. The summed E-state index contributed by atoms with van der Waals surface area (Å²) in [5, 5.41) is 7.59. The summed E-state index contributed by atoms with van der Waals surface area (Å²) in [6.07, 6.45) is 7.53. The third-order valence-corrected chi connectivity index (χ3v) is 4.48. The maximum atomic E-state index is 12.2. The summed E-state index contributed by atoms with van der Waals surface area (Å²) in [4.78, 5) is 16.4. The van der Waals surface area contributed by atoms with Crippen LogP contribution >= 0.6 is 0 Å². The van der Waals surface area contributed by atoms with Gasteiger partial charge in [-0.3, -0.25) is 14.5 Å². The van der Waals surface area contributed by atoms with Crippen LogP contribution in [0.2, 0.25) is 0 Å². The van der Waals surface area contributed by atoms with Crippen molar-refractivity contribution in [2.45, 2.75) is 19.3 Å². The van der Waals surface area contributed by atoms with Gasteiger partial charge in [-0.05, 0) is 37.3 Å². The molecule has 6 nitrogen and oxygen atoms in total. The molecule has 1 atom stereocenters. The number of carbonyl (C=O) groups is 1. The second-order valence-electron chi connectivity index (χ2n) is 6.18. The smallest absolute Gasteiger partial charge is 0.226 e. The van der Waals surface area contributed by atoms with Gasteiger partial charge in [0.2, 0.25) is 5.91 Å². The molecule has 3 aromatic heterocycles. The third-order valence-electron chi connectivity index (χ3n) is 4.48. The Hall–Kier alpha value is -3.15. The van der Waals surface area contributed by atoms with Crippen LogP contribution in [0.3, 0.4) is 0 Å². The molecule has 126 valence electrons. The van der Waals surface area contributed by atoms with Crippen LogP contribution in [0.25, 0.3) is 17.3 Å². The van der Waals surface area contributed by atoms with Crippen LogP contribution in [-0.2, 0) is 11.8 Å². The van der Waals surface area contributed by atoms with Crippen LogP contribution in [-0.4, -0.2) is 20.7 Å². The van der Waals surface area contributed by atoms with E-state index in [9.17, 15) is 4.79 Å². The Morgan fingerprint density at radius 3 is 3.00 bits per heavy atom. The summed E-state index contributed by atoms with van der Waals surface area (Å²) < 4.78 is 7.15. The van der Waals surface area contributed by atoms with Crippen molar-refractivity contribution < 1.29 is 9.21 Å². The standard InChI is InChI=1S/C19H18N4O2/c1-12(9-14-6-4-8-25-14)15-10-16(24)21-19-17(15)18(22-23(19)2)13-5-3-7-20-11-13/h3-9,11,15H,10H2,1-2H3,(H,21,24)/b12-9+/t15-/m0/s1. The molecule has 0 bridgehead atoms. The van der Waals surface area contributed by atoms with Crippen molar-refractivity contribution in [1.82, 2.24) is 14.8 Å². The summed E-state index contributed by atoms with van der Waals surface area (Å²) in [5.74, 6) is 1.45. The molecule has 25 heavy (non-hydrogen) atoms. The Balaban J connectivity index is 1.86. The van der Waals surface area contributed by atoms with Crippen molar-refractivity contribution in [3.05, 3.63) is 59.8 Å². The van der Waals surface area contributed by atoms with Gasteiger partial charge in [-0.25, -0.2) is 0 Å². The summed E-state index contributed by atoms with van der Waals surface area (Å²) >= 11 is 0. The number of rotatable bonds is 3. The average Bonchev–Trinajstić information content (AvgIpc) is 3.23. The summed E-state index contributed by atoms with van der Waals surface area (Å²) in [6.45, 7) is 2.02. The molecule has 0 spiro atoms. The lowest BCUT2D eigenvalue weighted by Gasteiger charge is -2.24. The van der Waals surface area contributed by atoms with E-state index in [-0.39, 0.29) is 11.8 Å². The molecule has 1 amide bonds. The summed E-state index contributed by atoms with van der Waals surface area (Å²) in [5.41, 5.74) is 3.87. The van der Waals surface area contributed by atoms with E-state index in [2.05, 4.69) is 15.4 Å². The number of nitrogens with zero attached hydrogens (tertiary/aromatic N) is 3. The van der Waals surface area contributed by atoms with E-state index in [1.165, 1.54) is 0 Å². The molecule has 4 heterocycles. The highest BCUT2D eigenvalue weighted by atomic mass is 16.3. The molecule has 0 aromatic carbocycles. The predicted octanol–water partition coefficient (Wildman–Crippen LogP) is 3.60. The minimum atomic E-state index is -0.0576. The van der Waals surface area contributed by atoms with Gasteiger partial charge in [-0.1, -0.05) is 5.57 Å². The molecule has 0 fully saturated rings. The van der Waals surface area contributed by atoms with E-state index in [1.54, 1.807) is 23.3 Å². The van der Waals surface area contributed by atoms with Crippen LogP contribution in [0.15, 0.2) is 52.9 Å². The topological polar surface area (TPSA) is 73.0 Å². The van der Waals surface area contributed by atoms with Crippen LogP contribution in [0.5, 0.6) is 0 Å². The first kappa shape index (κ1) is 15.4. The number of allylic oxidation sites excluding steroid dienone is 1. The fourth-order valence-electron chi connectivity index (χ4n) is 3.29. The molecule has 0 radical (unpaired) electrons. The van der Waals surface area contributed by atoms with Crippen molar-refractivity contribution in [3.63, 3.8) is 0 Å². The molecule has 1 N–H and O–H groups in total. The first-order valence-corrected chi connectivity index (χ1v) is 8.12. The van der Waals surface area contributed by atoms with Gasteiger partial charge in [0.1, 0.15) is 11.6 Å². The lowest BCUT2D eigenvalue weighted by molar-refractivity contribution is -0.116. The monoisotopic (exact) mass is 334 g/mol. The van der Waals surface area contributed by atoms with Gasteiger partial charge >= 0.3 is 0 Å². The van der Waals surface area contributed by atoms with E-state index in [0.29, 0.717) is 6.42 Å². The number of hydrogen-bond donors (Lipinski definition) is 1. The number of carbonyl (C=O) groups excluding carboxylic acids is 1. The zero-order valence-corrected chi connectivity index (χ0v) is 14.1. The number of anilines is 1. The molecule has 0 aliphatic carbocycles. The molecule has 4 rings (SSSR count). The zero-order valence-electron chi connectivity index (χ0n) is 14.1. The van der Waals surface area contributed by atoms with E-state index >= 15 is 0 Å². The highest BCUT2D eigenvalue weighted by Gasteiger charge is 2.33. The zero-order chi connectivity index (χ0) is 17.4. The summed E-state index contributed by atoms with van der Waals surface area (Å²) in [6, 6.07) is 7.62. The molecule has 3 aromatic rings. The van der Waals surface area contributed by atoms with Gasteiger partial charge in [0.15, 0.2) is 0 Å². The van der Waals surface area contributed by atoms with E-state index < -0.39 is 0 Å². The number of hydrogen-bond acceptors (Lipinski definition) is 4. The minimum absolute atomic E-state index is 0.00886. The van der Waals surface area contributed by atoms with Crippen LogP contribution in [0, 0.1) is 0 Å². The van der Waals surface area contributed by atoms with Crippen molar-refractivity contribution in [2.24, 2.45) is 7.05 Å². The molecule has 1 aliphatic heterocycles. The molecule has 0 saturated heterocycles. The Bertz CT molecular complexity index is 939. The Kier molecular flexibility index (Phi) is 3.72. The number of pyridine rings is 1. The Morgan fingerprint density at radius 2 is 2.28 bits per heavy atom. The van der Waals surface area contributed by atoms with Crippen molar-refractivity contribution in [1.29, 1.82) is 0 Å². The van der Waals surface area contributed by atoms with E-state index in [1.807, 2.05) is 44.3 Å². The quantitative estimate of drug-likeness (QED) is 0.794. The average molecular weight is 334 g/mol. The number of fused-ring (bicyclic) bond motifs is 1. The van der Waals surface area contributed by atoms with Gasteiger partial charge < -0.3 is 9.73 Å². The number of aryl methyl sites for hydroxylation is 1. The number of amides is 1. The number of aromatic nitrogens is 3. The highest BCUT2D eigenvalue weighted by molar-refractivity contribution is 5.96. The van der Waals surface area contributed by atoms with Crippen molar-refractivity contribution >= 4 is 17.8 Å². The molecule has 0 saturated carbocycles. The van der Waals surface area contributed by atoms with Crippen LogP contribution in [0.4, 0.5) is 5.82 Å². The van der Waals surface area contributed by atoms with Crippen LogP contribution < -0.4 is 5.32 Å². The van der Waals surface area contributed by atoms with Gasteiger partial charge in [0.05, 0.1) is 12.0 Å². The third kappa shape index (κ3) is 2.76. The molecule has 1 aliphatic rings. The fourth-order valence-corrected chi connectivity index (χ4v) is 3.29. The fraction of sp³-hybridized carbons (Fsp3) is 0.211. The second-order valence-corrected chi connectivity index (χ2v) is 6.18. The van der Waals surface area contributed by atoms with E-state index in [0.717, 1.165) is 34.0 Å². The van der Waals surface area contributed by atoms with Gasteiger partial charge in [-0.2, -0.15) is 5.10 Å². The SMILES string of the molecule is C/C(=C\c1ccco1)[C@@H]1CC(=O)Nc2c1c(-c1cccnc1)nn2C. The Labute approximate surface area is 145 Å². The lowest BCUT2D eigenvalue weighted by Crippen LogP contribution is -2.24.